The van der Waals surface area contributed by atoms with Crippen LogP contribution in [0.1, 0.15) is 56.8 Å². The molecular weight excluding hydrogens is 358 g/mol. The van der Waals surface area contributed by atoms with Gasteiger partial charge in [0.25, 0.3) is 0 Å². The zero-order chi connectivity index (χ0) is 20.6. The first-order valence-corrected chi connectivity index (χ1v) is 9.57. The van der Waals surface area contributed by atoms with Crippen LogP contribution in [0.3, 0.4) is 0 Å². The van der Waals surface area contributed by atoms with Crippen LogP contribution in [0.25, 0.3) is 11.1 Å². The van der Waals surface area contributed by atoms with Gasteiger partial charge < -0.3 is 15.2 Å². The lowest BCUT2D eigenvalue weighted by atomic mass is 10.1. The predicted molar refractivity (Wildman–Crippen MR) is 107 cm³/mol. The third-order valence-corrected chi connectivity index (χ3v) is 4.08. The number of aromatic carboxylic acids is 1. The summed E-state index contributed by atoms with van der Waals surface area (Å²) >= 11 is 0. The van der Waals surface area contributed by atoms with Crippen molar-refractivity contribution in [1.29, 1.82) is 0 Å². The highest BCUT2D eigenvalue weighted by atomic mass is 16.6. The summed E-state index contributed by atoms with van der Waals surface area (Å²) in [5, 5.41) is 16.1. The third-order valence-electron chi connectivity index (χ3n) is 4.08. The van der Waals surface area contributed by atoms with Crippen molar-refractivity contribution in [1.82, 2.24) is 15.1 Å². The molecule has 152 valence electrons. The maximum Gasteiger partial charge on any atom is 0.407 e. The molecule has 0 saturated carbocycles. The minimum absolute atomic E-state index is 0.275. The Morgan fingerprint density at radius 2 is 1.75 bits per heavy atom. The maximum absolute atomic E-state index is 11.5. The minimum atomic E-state index is -0.927. The summed E-state index contributed by atoms with van der Waals surface area (Å²) < 4.78 is 7.09. The highest BCUT2D eigenvalue weighted by molar-refractivity contribution is 5.88. The van der Waals surface area contributed by atoms with Gasteiger partial charge in [-0.1, -0.05) is 25.0 Å². The van der Waals surface area contributed by atoms with Gasteiger partial charge in [-0.25, -0.2) is 9.59 Å². The SMILES string of the molecule is CC(C)(C)OC(=O)NCCCCCCn1cc(-c2ccc(C(=O)O)cc2)cn1. The van der Waals surface area contributed by atoms with Crippen LogP contribution in [0.4, 0.5) is 4.79 Å². The molecule has 1 heterocycles. The number of hydrogen-bond donors (Lipinski definition) is 2. The predicted octanol–water partition coefficient (Wildman–Crippen LogP) is 4.33. The van der Waals surface area contributed by atoms with Crippen molar-refractivity contribution in [2.75, 3.05) is 6.54 Å². The lowest BCUT2D eigenvalue weighted by molar-refractivity contribution is 0.0526. The van der Waals surface area contributed by atoms with Gasteiger partial charge >= 0.3 is 12.1 Å². The summed E-state index contributed by atoms with van der Waals surface area (Å²) in [6, 6.07) is 6.78. The molecule has 0 radical (unpaired) electrons. The quantitative estimate of drug-likeness (QED) is 0.625. The fourth-order valence-corrected chi connectivity index (χ4v) is 2.70. The smallest absolute Gasteiger partial charge is 0.407 e. The van der Waals surface area contributed by atoms with Gasteiger partial charge in [-0.15, -0.1) is 0 Å². The summed E-state index contributed by atoms with van der Waals surface area (Å²) in [4.78, 5) is 22.4. The summed E-state index contributed by atoms with van der Waals surface area (Å²) in [5.74, 6) is -0.927. The number of carboxylic acid groups (broad SMARTS) is 1. The molecule has 0 spiro atoms. The van der Waals surface area contributed by atoms with Crippen molar-refractivity contribution in [2.24, 2.45) is 0 Å². The molecule has 0 aliphatic heterocycles. The maximum atomic E-state index is 11.5. The minimum Gasteiger partial charge on any atom is -0.478 e. The molecule has 7 heteroatoms. The van der Waals surface area contributed by atoms with Crippen molar-refractivity contribution in [3.8, 4) is 11.1 Å². The molecule has 0 atom stereocenters. The standard InChI is InChI=1S/C21H29N3O4/c1-21(2,3)28-20(27)22-12-6-4-5-7-13-24-15-18(14-23-24)16-8-10-17(11-9-16)19(25)26/h8-11,14-15H,4-7,12-13H2,1-3H3,(H,22,27)(H,25,26). The molecule has 0 aliphatic rings. The number of hydrogen-bond acceptors (Lipinski definition) is 4. The first kappa shape index (κ1) is 21.5. The van der Waals surface area contributed by atoms with Gasteiger partial charge in [-0.05, 0) is 51.3 Å². The fraction of sp³-hybridized carbons (Fsp3) is 0.476. The zero-order valence-electron chi connectivity index (χ0n) is 16.8. The van der Waals surface area contributed by atoms with Gasteiger partial charge in [0.15, 0.2) is 0 Å². The summed E-state index contributed by atoms with van der Waals surface area (Å²) in [6.45, 7) is 6.98. The van der Waals surface area contributed by atoms with Gasteiger partial charge in [0.05, 0.1) is 11.8 Å². The van der Waals surface area contributed by atoms with E-state index in [1.54, 1.807) is 30.5 Å². The van der Waals surface area contributed by atoms with Crippen molar-refractivity contribution in [2.45, 2.75) is 58.6 Å². The van der Waals surface area contributed by atoms with E-state index in [9.17, 15) is 9.59 Å². The Labute approximate surface area is 165 Å². The van der Waals surface area contributed by atoms with Crippen LogP contribution in [0.15, 0.2) is 36.7 Å². The Morgan fingerprint density at radius 3 is 2.39 bits per heavy atom. The van der Waals surface area contributed by atoms with Crippen molar-refractivity contribution < 1.29 is 19.4 Å². The van der Waals surface area contributed by atoms with Crippen molar-refractivity contribution in [3.05, 3.63) is 42.2 Å². The van der Waals surface area contributed by atoms with Crippen molar-refractivity contribution in [3.63, 3.8) is 0 Å². The van der Waals surface area contributed by atoms with Crippen LogP contribution in [0.5, 0.6) is 0 Å². The number of amides is 1. The van der Waals surface area contributed by atoms with E-state index in [1.807, 2.05) is 31.6 Å². The second-order valence-electron chi connectivity index (χ2n) is 7.72. The number of aryl methyl sites for hydroxylation is 1. The number of alkyl carbamates (subject to hydrolysis) is 1. The Hall–Kier alpha value is -2.83. The van der Waals surface area contributed by atoms with Gasteiger partial charge in [-0.3, -0.25) is 4.68 Å². The van der Waals surface area contributed by atoms with Gasteiger partial charge in [0, 0.05) is 24.8 Å². The second-order valence-corrected chi connectivity index (χ2v) is 7.72. The average molecular weight is 387 g/mol. The molecule has 1 aromatic heterocycles. The number of carbonyl (C=O) groups excluding carboxylic acids is 1. The molecule has 0 unspecified atom stereocenters. The Bertz CT molecular complexity index is 776. The molecule has 2 aromatic rings. The van der Waals surface area contributed by atoms with Crippen LogP contribution in [-0.2, 0) is 11.3 Å². The molecule has 7 nitrogen and oxygen atoms in total. The third kappa shape index (κ3) is 7.42. The highest BCUT2D eigenvalue weighted by Crippen LogP contribution is 2.19. The van der Waals surface area contributed by atoms with Gasteiger partial charge in [0.1, 0.15) is 5.60 Å². The number of carbonyl (C=O) groups is 2. The summed E-state index contributed by atoms with van der Waals surface area (Å²) in [6.07, 6.45) is 7.40. The van der Waals surface area contributed by atoms with E-state index in [0.717, 1.165) is 43.4 Å². The van der Waals surface area contributed by atoms with E-state index in [0.29, 0.717) is 6.54 Å². The van der Waals surface area contributed by atoms with Crippen LogP contribution in [0, 0.1) is 0 Å². The molecule has 1 amide bonds. The van der Waals surface area contributed by atoms with Crippen LogP contribution in [0.2, 0.25) is 0 Å². The topological polar surface area (TPSA) is 93.5 Å². The number of carboxylic acids is 1. The molecule has 0 bridgehead atoms. The van der Waals surface area contributed by atoms with Crippen LogP contribution in [-0.4, -0.2) is 39.1 Å². The Balaban J connectivity index is 1.64. The number of ether oxygens (including phenoxy) is 1. The van der Waals surface area contributed by atoms with Crippen LogP contribution < -0.4 is 5.32 Å². The monoisotopic (exact) mass is 387 g/mol. The van der Waals surface area contributed by atoms with E-state index >= 15 is 0 Å². The van der Waals surface area contributed by atoms with E-state index in [-0.39, 0.29) is 11.7 Å². The Morgan fingerprint density at radius 1 is 1.07 bits per heavy atom. The number of benzene rings is 1. The first-order chi connectivity index (χ1) is 13.2. The van der Waals surface area contributed by atoms with E-state index in [4.69, 9.17) is 9.84 Å². The normalized spacial score (nSPS) is 11.2. The Kier molecular flexibility index (Phi) is 7.61. The molecule has 1 aromatic carbocycles. The lowest BCUT2D eigenvalue weighted by Crippen LogP contribution is -2.32. The molecule has 2 rings (SSSR count). The number of rotatable bonds is 9. The molecule has 0 saturated heterocycles. The largest absolute Gasteiger partial charge is 0.478 e. The fourth-order valence-electron chi connectivity index (χ4n) is 2.70. The molecule has 0 fully saturated rings. The van der Waals surface area contributed by atoms with E-state index in [2.05, 4.69) is 10.4 Å². The summed E-state index contributed by atoms with van der Waals surface area (Å²) in [7, 11) is 0. The van der Waals surface area contributed by atoms with Gasteiger partial charge in [-0.2, -0.15) is 5.10 Å². The highest BCUT2D eigenvalue weighted by Gasteiger charge is 2.15. The van der Waals surface area contributed by atoms with Gasteiger partial charge in [0.2, 0.25) is 0 Å². The molecule has 28 heavy (non-hydrogen) atoms. The lowest BCUT2D eigenvalue weighted by Gasteiger charge is -2.19. The number of aromatic nitrogens is 2. The van der Waals surface area contributed by atoms with E-state index < -0.39 is 11.6 Å². The number of nitrogens with one attached hydrogen (secondary N) is 1. The number of unbranched alkanes of at least 4 members (excludes halogenated alkanes) is 3. The molecule has 2 N–H and O–H groups in total. The van der Waals surface area contributed by atoms with Crippen LogP contribution >= 0.6 is 0 Å². The van der Waals surface area contributed by atoms with E-state index in [1.165, 1.54) is 0 Å². The second kappa shape index (κ2) is 9.92. The average Bonchev–Trinajstić information content (AvgIpc) is 3.08. The van der Waals surface area contributed by atoms with Crippen molar-refractivity contribution >= 4 is 12.1 Å². The first-order valence-electron chi connectivity index (χ1n) is 9.57. The molecular formula is C21H29N3O4. The molecule has 0 aliphatic carbocycles. The zero-order valence-corrected chi connectivity index (χ0v) is 16.8. The summed E-state index contributed by atoms with van der Waals surface area (Å²) in [5.41, 5.74) is 1.73. The number of nitrogens with zero attached hydrogens (tertiary/aromatic N) is 2.